The Morgan fingerprint density at radius 1 is 1.29 bits per heavy atom. The summed E-state index contributed by atoms with van der Waals surface area (Å²) in [6, 6.07) is 6.19. The zero-order chi connectivity index (χ0) is 15.7. The number of sulfonamides is 1. The summed E-state index contributed by atoms with van der Waals surface area (Å²) < 4.78 is 26.5. The quantitative estimate of drug-likeness (QED) is 0.844. The summed E-state index contributed by atoms with van der Waals surface area (Å²) in [5.74, 6) is 0.0609. The first kappa shape index (κ1) is 15.9. The number of hydrogen-bond donors (Lipinski definition) is 2. The summed E-state index contributed by atoms with van der Waals surface area (Å²) in [6.07, 6.45) is 1.36. The van der Waals surface area contributed by atoms with Gasteiger partial charge in [-0.1, -0.05) is 0 Å². The van der Waals surface area contributed by atoms with Gasteiger partial charge in [0.2, 0.25) is 15.9 Å². The van der Waals surface area contributed by atoms with Crippen molar-refractivity contribution in [1.29, 1.82) is 0 Å². The van der Waals surface area contributed by atoms with E-state index in [0.717, 1.165) is 6.42 Å². The van der Waals surface area contributed by atoms with Crippen molar-refractivity contribution in [2.45, 2.75) is 37.2 Å². The van der Waals surface area contributed by atoms with Crippen molar-refractivity contribution >= 4 is 21.6 Å². The molecule has 1 heterocycles. The zero-order valence-electron chi connectivity index (χ0n) is 12.2. The predicted octanol–water partition coefficient (Wildman–Crippen LogP) is 0.863. The number of rotatable bonds is 5. The Kier molecular flexibility index (Phi) is 4.36. The van der Waals surface area contributed by atoms with Crippen LogP contribution in [0.3, 0.4) is 0 Å². The molecule has 0 aromatic heterocycles. The van der Waals surface area contributed by atoms with Gasteiger partial charge in [-0.05, 0) is 44.5 Å². The van der Waals surface area contributed by atoms with Crippen LogP contribution in [-0.2, 0) is 14.8 Å². The van der Waals surface area contributed by atoms with Gasteiger partial charge in [-0.15, -0.1) is 0 Å². The van der Waals surface area contributed by atoms with Gasteiger partial charge in [0.25, 0.3) is 0 Å². The van der Waals surface area contributed by atoms with E-state index in [-0.39, 0.29) is 17.3 Å². The van der Waals surface area contributed by atoms with Gasteiger partial charge in [0.05, 0.1) is 10.5 Å². The van der Waals surface area contributed by atoms with Crippen molar-refractivity contribution in [3.63, 3.8) is 0 Å². The summed E-state index contributed by atoms with van der Waals surface area (Å²) >= 11 is 0. The second kappa shape index (κ2) is 5.75. The monoisotopic (exact) mass is 312 g/mol. The molecule has 0 unspecified atom stereocenters. The van der Waals surface area contributed by atoms with Crippen LogP contribution in [0.1, 0.15) is 26.7 Å². The van der Waals surface area contributed by atoms with Gasteiger partial charge in [0.1, 0.15) is 0 Å². The third-order valence-corrected chi connectivity index (χ3v) is 4.64. The number of carbonyl (C=O) groups is 1. The van der Waals surface area contributed by atoms with Gasteiger partial charge in [-0.3, -0.25) is 4.79 Å². The second-order valence-electron chi connectivity index (χ2n) is 5.78. The molecule has 1 aromatic carbocycles. The van der Waals surface area contributed by atoms with Crippen LogP contribution in [0.5, 0.6) is 0 Å². The van der Waals surface area contributed by atoms with Crippen molar-refractivity contribution in [2.75, 3.05) is 18.0 Å². The molecule has 1 fully saturated rings. The van der Waals surface area contributed by atoms with Gasteiger partial charge in [-0.25, -0.2) is 13.1 Å². The minimum absolute atomic E-state index is 0.0609. The van der Waals surface area contributed by atoms with E-state index in [9.17, 15) is 18.3 Å². The topological polar surface area (TPSA) is 86.7 Å². The van der Waals surface area contributed by atoms with E-state index in [4.69, 9.17) is 0 Å². The van der Waals surface area contributed by atoms with E-state index in [2.05, 4.69) is 4.72 Å². The highest BCUT2D eigenvalue weighted by Gasteiger charge is 2.23. The van der Waals surface area contributed by atoms with Crippen molar-refractivity contribution < 1.29 is 18.3 Å². The van der Waals surface area contributed by atoms with Gasteiger partial charge >= 0.3 is 0 Å². The molecule has 1 saturated heterocycles. The smallest absolute Gasteiger partial charge is 0.240 e. The van der Waals surface area contributed by atoms with Crippen molar-refractivity contribution in [2.24, 2.45) is 0 Å². The van der Waals surface area contributed by atoms with E-state index in [1.54, 1.807) is 17.0 Å². The average molecular weight is 312 g/mol. The van der Waals surface area contributed by atoms with Crippen molar-refractivity contribution in [3.8, 4) is 0 Å². The van der Waals surface area contributed by atoms with Crippen LogP contribution in [0.25, 0.3) is 0 Å². The molecule has 1 aliphatic heterocycles. The second-order valence-corrected chi connectivity index (χ2v) is 7.55. The molecule has 116 valence electrons. The van der Waals surface area contributed by atoms with E-state index >= 15 is 0 Å². The van der Waals surface area contributed by atoms with Crippen molar-refractivity contribution in [3.05, 3.63) is 24.3 Å². The zero-order valence-corrected chi connectivity index (χ0v) is 13.0. The SMILES string of the molecule is CC(C)(O)CNS(=O)(=O)c1ccc(N2CCCC2=O)cc1. The lowest BCUT2D eigenvalue weighted by atomic mass is 10.1. The number of benzene rings is 1. The first-order chi connectivity index (χ1) is 9.69. The standard InChI is InChI=1S/C14H20N2O4S/c1-14(2,18)10-15-21(19,20)12-7-5-11(6-8-12)16-9-3-4-13(16)17/h5-8,15,18H,3-4,9-10H2,1-2H3. The fraction of sp³-hybridized carbons (Fsp3) is 0.500. The highest BCUT2D eigenvalue weighted by molar-refractivity contribution is 7.89. The van der Waals surface area contributed by atoms with E-state index < -0.39 is 15.6 Å². The molecule has 1 amide bonds. The third-order valence-electron chi connectivity index (χ3n) is 3.23. The summed E-state index contributed by atoms with van der Waals surface area (Å²) in [4.78, 5) is 13.4. The molecule has 0 radical (unpaired) electrons. The Labute approximate surface area is 124 Å². The van der Waals surface area contributed by atoms with Crippen LogP contribution < -0.4 is 9.62 Å². The maximum absolute atomic E-state index is 12.1. The summed E-state index contributed by atoms with van der Waals surface area (Å²) in [7, 11) is -3.66. The molecule has 2 N–H and O–H groups in total. The average Bonchev–Trinajstić information content (AvgIpc) is 2.82. The third kappa shape index (κ3) is 4.03. The Bertz CT molecular complexity index is 617. The number of nitrogens with zero attached hydrogens (tertiary/aromatic N) is 1. The van der Waals surface area contributed by atoms with Gasteiger partial charge < -0.3 is 10.0 Å². The van der Waals surface area contributed by atoms with Crippen molar-refractivity contribution in [1.82, 2.24) is 4.72 Å². The molecule has 0 spiro atoms. The largest absolute Gasteiger partial charge is 0.389 e. The Morgan fingerprint density at radius 2 is 1.90 bits per heavy atom. The normalized spacial score (nSPS) is 16.5. The maximum Gasteiger partial charge on any atom is 0.240 e. The first-order valence-corrected chi connectivity index (χ1v) is 8.30. The molecular formula is C14H20N2O4S. The molecule has 2 rings (SSSR count). The van der Waals surface area contributed by atoms with Crippen LogP contribution in [0.4, 0.5) is 5.69 Å². The molecule has 0 saturated carbocycles. The number of hydrogen-bond acceptors (Lipinski definition) is 4. The van der Waals surface area contributed by atoms with E-state index in [1.807, 2.05) is 0 Å². The minimum atomic E-state index is -3.66. The van der Waals surface area contributed by atoms with Crippen LogP contribution in [0.15, 0.2) is 29.2 Å². The highest BCUT2D eigenvalue weighted by Crippen LogP contribution is 2.22. The van der Waals surface area contributed by atoms with Gasteiger partial charge in [0, 0.05) is 25.2 Å². The lowest BCUT2D eigenvalue weighted by molar-refractivity contribution is -0.117. The number of nitrogens with one attached hydrogen (secondary N) is 1. The number of carbonyl (C=O) groups excluding carboxylic acids is 1. The Balaban J connectivity index is 2.13. The van der Waals surface area contributed by atoms with E-state index in [1.165, 1.54) is 26.0 Å². The van der Waals surface area contributed by atoms with Gasteiger partial charge in [-0.2, -0.15) is 0 Å². The molecular weight excluding hydrogens is 292 g/mol. The first-order valence-electron chi connectivity index (χ1n) is 6.81. The molecule has 7 heteroatoms. The molecule has 21 heavy (non-hydrogen) atoms. The van der Waals surface area contributed by atoms with Gasteiger partial charge in [0.15, 0.2) is 0 Å². The number of anilines is 1. The lowest BCUT2D eigenvalue weighted by Gasteiger charge is -2.18. The predicted molar refractivity (Wildman–Crippen MR) is 79.5 cm³/mol. The fourth-order valence-electron chi connectivity index (χ4n) is 2.08. The summed E-state index contributed by atoms with van der Waals surface area (Å²) in [6.45, 7) is 3.65. The fourth-order valence-corrected chi connectivity index (χ4v) is 3.29. The molecule has 1 aliphatic rings. The number of amides is 1. The molecule has 0 bridgehead atoms. The summed E-state index contributed by atoms with van der Waals surface area (Å²) in [5.41, 5.74) is -0.409. The lowest BCUT2D eigenvalue weighted by Crippen LogP contribution is -2.38. The number of aliphatic hydroxyl groups is 1. The van der Waals surface area contributed by atoms with E-state index in [0.29, 0.717) is 18.7 Å². The van der Waals surface area contributed by atoms with Crippen LogP contribution in [0.2, 0.25) is 0 Å². The molecule has 0 aliphatic carbocycles. The Hall–Kier alpha value is -1.44. The molecule has 6 nitrogen and oxygen atoms in total. The minimum Gasteiger partial charge on any atom is -0.389 e. The molecule has 1 aromatic rings. The summed E-state index contributed by atoms with van der Waals surface area (Å²) in [5, 5.41) is 9.57. The van der Waals surface area contributed by atoms with Crippen LogP contribution in [-0.4, -0.2) is 38.1 Å². The highest BCUT2D eigenvalue weighted by atomic mass is 32.2. The van der Waals surface area contributed by atoms with Crippen LogP contribution >= 0.6 is 0 Å². The Morgan fingerprint density at radius 3 is 2.38 bits per heavy atom. The van der Waals surface area contributed by atoms with Crippen LogP contribution in [0, 0.1) is 0 Å². The molecule has 0 atom stereocenters. The maximum atomic E-state index is 12.1.